The molecule has 0 amide bonds. The van der Waals surface area contributed by atoms with Crippen molar-refractivity contribution in [2.75, 3.05) is 13.6 Å². The Labute approximate surface area is 222 Å². The summed E-state index contributed by atoms with van der Waals surface area (Å²) in [5, 5.41) is 10.8. The van der Waals surface area contributed by atoms with E-state index in [0.29, 0.717) is 5.41 Å². The molecule has 1 N–H and O–H groups in total. The van der Waals surface area contributed by atoms with Crippen LogP contribution in [-0.2, 0) is 5.75 Å². The first kappa shape index (κ1) is 29.1. The number of nitrogens with zero attached hydrogens (tertiary/aromatic N) is 1. The second kappa shape index (κ2) is 12.4. The summed E-state index contributed by atoms with van der Waals surface area (Å²) in [4.78, 5) is 0. The van der Waals surface area contributed by atoms with Gasteiger partial charge < -0.3 is 5.11 Å². The van der Waals surface area contributed by atoms with Crippen LogP contribution in [0.4, 0.5) is 0 Å². The third-order valence-electron chi connectivity index (χ3n) is 10.6. The molecule has 3 heteroatoms. The third-order valence-corrected chi connectivity index (χ3v) is 11.7. The van der Waals surface area contributed by atoms with Crippen LogP contribution in [0.5, 0.6) is 0 Å². The van der Waals surface area contributed by atoms with Crippen molar-refractivity contribution in [3.05, 3.63) is 35.9 Å². The SMILES string of the molecule is CCC(C)(O)CC(C)(CC)C1CCC(C2CCC(C(C)(CC)CN(C)SCc3ccccc3)C2)C1. The largest absolute Gasteiger partial charge is 0.390 e. The lowest BCUT2D eigenvalue weighted by molar-refractivity contribution is -0.0157. The lowest BCUT2D eigenvalue weighted by Crippen LogP contribution is -2.36. The van der Waals surface area contributed by atoms with E-state index in [9.17, 15) is 5.11 Å². The van der Waals surface area contributed by atoms with Crippen LogP contribution in [0, 0.1) is 34.5 Å². The summed E-state index contributed by atoms with van der Waals surface area (Å²) in [7, 11) is 2.30. The molecule has 2 saturated carbocycles. The van der Waals surface area contributed by atoms with E-state index in [1.807, 2.05) is 11.9 Å². The van der Waals surface area contributed by atoms with Crippen LogP contribution < -0.4 is 0 Å². The lowest BCUT2D eigenvalue weighted by atomic mass is 9.67. The highest BCUT2D eigenvalue weighted by molar-refractivity contribution is 7.96. The topological polar surface area (TPSA) is 23.5 Å². The van der Waals surface area contributed by atoms with E-state index in [2.05, 4.69) is 83.2 Å². The van der Waals surface area contributed by atoms with E-state index in [1.54, 1.807) is 0 Å². The highest BCUT2D eigenvalue weighted by Gasteiger charge is 2.46. The fourth-order valence-corrected chi connectivity index (χ4v) is 8.50. The summed E-state index contributed by atoms with van der Waals surface area (Å²) < 4.78 is 2.52. The Kier molecular flexibility index (Phi) is 10.3. The van der Waals surface area contributed by atoms with E-state index in [-0.39, 0.29) is 5.41 Å². The van der Waals surface area contributed by atoms with Crippen LogP contribution in [0.25, 0.3) is 0 Å². The Morgan fingerprint density at radius 1 is 0.829 bits per heavy atom. The summed E-state index contributed by atoms with van der Waals surface area (Å²) in [5.41, 5.74) is 1.58. The minimum atomic E-state index is -0.519. The molecule has 2 nitrogen and oxygen atoms in total. The van der Waals surface area contributed by atoms with Gasteiger partial charge in [0.15, 0.2) is 0 Å². The van der Waals surface area contributed by atoms with E-state index < -0.39 is 5.60 Å². The van der Waals surface area contributed by atoms with Gasteiger partial charge in [0.1, 0.15) is 0 Å². The zero-order valence-electron chi connectivity index (χ0n) is 24.0. The van der Waals surface area contributed by atoms with Crippen molar-refractivity contribution in [2.24, 2.45) is 34.5 Å². The van der Waals surface area contributed by atoms with Crippen LogP contribution in [0.15, 0.2) is 30.3 Å². The summed E-state index contributed by atoms with van der Waals surface area (Å²) in [6, 6.07) is 10.9. The van der Waals surface area contributed by atoms with Crippen molar-refractivity contribution >= 4 is 11.9 Å². The van der Waals surface area contributed by atoms with Crippen LogP contribution in [0.3, 0.4) is 0 Å². The maximum Gasteiger partial charge on any atom is 0.0622 e. The predicted molar refractivity (Wildman–Crippen MR) is 154 cm³/mol. The molecule has 2 fully saturated rings. The zero-order valence-corrected chi connectivity index (χ0v) is 24.8. The predicted octanol–water partition coefficient (Wildman–Crippen LogP) is 8.98. The van der Waals surface area contributed by atoms with Gasteiger partial charge in [0.05, 0.1) is 5.60 Å². The lowest BCUT2D eigenvalue weighted by Gasteiger charge is -2.41. The van der Waals surface area contributed by atoms with Crippen molar-refractivity contribution < 1.29 is 5.11 Å². The van der Waals surface area contributed by atoms with Gasteiger partial charge in [-0.3, -0.25) is 4.31 Å². The van der Waals surface area contributed by atoms with E-state index >= 15 is 0 Å². The third kappa shape index (κ3) is 7.51. The molecule has 2 aliphatic rings. The highest BCUT2D eigenvalue weighted by Crippen LogP contribution is 2.55. The molecular weight excluding hydrogens is 446 g/mol. The Hall–Kier alpha value is -0.510. The molecule has 2 aliphatic carbocycles. The molecule has 1 aromatic rings. The Morgan fingerprint density at radius 3 is 1.89 bits per heavy atom. The Bertz CT molecular complexity index is 766. The average molecular weight is 502 g/mol. The molecule has 7 unspecified atom stereocenters. The van der Waals surface area contributed by atoms with Gasteiger partial charge in [-0.15, -0.1) is 0 Å². The van der Waals surface area contributed by atoms with Crippen LogP contribution in [0.1, 0.15) is 111 Å². The normalized spacial score (nSPS) is 30.2. The van der Waals surface area contributed by atoms with Crippen molar-refractivity contribution in [3.63, 3.8) is 0 Å². The molecule has 0 aromatic heterocycles. The van der Waals surface area contributed by atoms with Gasteiger partial charge in [-0.25, -0.2) is 0 Å². The molecule has 0 heterocycles. The monoisotopic (exact) mass is 501 g/mol. The van der Waals surface area contributed by atoms with Crippen molar-refractivity contribution in [1.29, 1.82) is 0 Å². The molecule has 0 spiro atoms. The van der Waals surface area contributed by atoms with Crippen LogP contribution in [0.2, 0.25) is 0 Å². The second-order valence-electron chi connectivity index (χ2n) is 13.1. The number of rotatable bonds is 13. The Morgan fingerprint density at radius 2 is 1.37 bits per heavy atom. The summed E-state index contributed by atoms with van der Waals surface area (Å²) in [6.07, 6.45) is 12.8. The van der Waals surface area contributed by atoms with Gasteiger partial charge >= 0.3 is 0 Å². The van der Waals surface area contributed by atoms with Crippen LogP contribution >= 0.6 is 11.9 Å². The standard InChI is InChI=1S/C32H55NOS/c1-8-30(4,23-32(6,34)10-3)28-18-16-26(20-28)27-17-19-29(21-27)31(5,9-2)24-33(7)35-22-25-14-12-11-13-15-25/h11-15,26-29,34H,8-10,16-24H2,1-7H3. The smallest absolute Gasteiger partial charge is 0.0622 e. The van der Waals surface area contributed by atoms with Gasteiger partial charge in [0.2, 0.25) is 0 Å². The highest BCUT2D eigenvalue weighted by atomic mass is 32.2. The maximum atomic E-state index is 10.8. The molecule has 0 radical (unpaired) electrons. The molecule has 1 aromatic carbocycles. The summed E-state index contributed by atoms with van der Waals surface area (Å²) >= 11 is 1.98. The van der Waals surface area contributed by atoms with Gasteiger partial charge in [0, 0.05) is 12.3 Å². The van der Waals surface area contributed by atoms with Crippen molar-refractivity contribution in [2.45, 2.75) is 117 Å². The minimum absolute atomic E-state index is 0.281. The van der Waals surface area contributed by atoms with E-state index in [4.69, 9.17) is 0 Å². The first-order chi connectivity index (χ1) is 16.5. The number of aliphatic hydroxyl groups is 1. The fraction of sp³-hybridized carbons (Fsp3) is 0.812. The summed E-state index contributed by atoms with van der Waals surface area (Å²) in [6.45, 7) is 15.2. The number of benzene rings is 1. The fourth-order valence-electron chi connectivity index (χ4n) is 7.55. The molecule has 0 bridgehead atoms. The van der Waals surface area contributed by atoms with Crippen molar-refractivity contribution in [1.82, 2.24) is 4.31 Å². The molecule has 35 heavy (non-hydrogen) atoms. The van der Waals surface area contributed by atoms with E-state index in [1.165, 1.54) is 63.5 Å². The average Bonchev–Trinajstić information content (AvgIpc) is 3.54. The minimum Gasteiger partial charge on any atom is -0.390 e. The first-order valence-electron chi connectivity index (χ1n) is 14.6. The molecule has 7 atom stereocenters. The summed E-state index contributed by atoms with van der Waals surface area (Å²) in [5.74, 6) is 4.54. The van der Waals surface area contributed by atoms with Gasteiger partial charge in [-0.2, -0.15) is 0 Å². The van der Waals surface area contributed by atoms with Gasteiger partial charge in [-0.05, 0) is 112 Å². The molecular formula is C32H55NOS. The van der Waals surface area contributed by atoms with Gasteiger partial charge in [-0.1, -0.05) is 83.3 Å². The first-order valence-corrected chi connectivity index (χ1v) is 15.6. The molecule has 0 saturated heterocycles. The Balaban J connectivity index is 1.54. The maximum absolute atomic E-state index is 10.8. The molecule has 200 valence electrons. The zero-order chi connectivity index (χ0) is 25.7. The van der Waals surface area contributed by atoms with Crippen LogP contribution in [-0.4, -0.2) is 28.6 Å². The van der Waals surface area contributed by atoms with Gasteiger partial charge in [0.25, 0.3) is 0 Å². The van der Waals surface area contributed by atoms with Crippen molar-refractivity contribution in [3.8, 4) is 0 Å². The van der Waals surface area contributed by atoms with E-state index in [0.717, 1.165) is 42.3 Å². The molecule has 3 rings (SSSR count). The number of hydrogen-bond acceptors (Lipinski definition) is 3. The number of hydrogen-bond donors (Lipinski definition) is 1. The molecule has 0 aliphatic heterocycles. The second-order valence-corrected chi connectivity index (χ2v) is 14.3. The quantitative estimate of drug-likeness (QED) is 0.273.